The first-order valence-electron chi connectivity index (χ1n) is 24.2. The Hall–Kier alpha value is -5.72. The Labute approximate surface area is 408 Å². The zero-order valence-corrected chi connectivity index (χ0v) is 41.4. The third-order valence-corrected chi connectivity index (χ3v) is 17.4. The molecule has 4 aliphatic heterocycles. The number of Topliss-reactive ketones (excluding diaryl/α,β-unsaturated/α-hetero) is 1. The fourth-order valence-corrected chi connectivity index (χ4v) is 12.6. The lowest BCUT2D eigenvalue weighted by Crippen LogP contribution is -2.36. The van der Waals surface area contributed by atoms with Crippen LogP contribution in [0.4, 0.5) is 17.1 Å². The zero-order valence-electron chi connectivity index (χ0n) is 39.7. The normalized spacial score (nSPS) is 17.7. The maximum Gasteiger partial charge on any atom is 0.258 e. The van der Waals surface area contributed by atoms with Crippen molar-refractivity contribution in [1.29, 1.82) is 0 Å². The van der Waals surface area contributed by atoms with E-state index in [4.69, 9.17) is 14.2 Å². The van der Waals surface area contributed by atoms with Gasteiger partial charge in [-0.15, -0.1) is 0 Å². The van der Waals surface area contributed by atoms with E-state index in [0.717, 1.165) is 95.5 Å². The van der Waals surface area contributed by atoms with Crippen LogP contribution in [0, 0.1) is 6.92 Å². The summed E-state index contributed by atoms with van der Waals surface area (Å²) in [6.07, 6.45) is 8.04. The van der Waals surface area contributed by atoms with E-state index < -0.39 is 0 Å². The van der Waals surface area contributed by atoms with E-state index in [1.807, 2.05) is 96.4 Å². The van der Waals surface area contributed by atoms with Crippen molar-refractivity contribution < 1.29 is 33.4 Å². The molecule has 0 spiro atoms. The third-order valence-electron chi connectivity index (χ3n) is 13.8. The first-order valence-corrected chi connectivity index (χ1v) is 26.4. The molecule has 1 N–H and O–H groups in total. The summed E-state index contributed by atoms with van der Waals surface area (Å²) in [5.41, 5.74) is 10.9. The zero-order chi connectivity index (χ0) is 47.5. The lowest BCUT2D eigenvalue weighted by atomic mass is 9.98. The van der Waals surface area contributed by atoms with Gasteiger partial charge in [0.1, 0.15) is 24.7 Å². The molecule has 0 fully saturated rings. The number of nitrogens with one attached hydrogen (secondary N) is 1. The number of anilines is 3. The molecular weight excluding hydrogens is 891 g/mol. The molecule has 5 aromatic rings. The van der Waals surface area contributed by atoms with Gasteiger partial charge in [-0.3, -0.25) is 19.2 Å². The first kappa shape index (κ1) is 47.4. The lowest BCUT2D eigenvalue weighted by molar-refractivity contribution is -0.119. The Bertz CT molecular complexity index is 2740. The molecule has 0 radical (unpaired) electrons. The minimum Gasteiger partial charge on any atom is -0.493 e. The number of aryl methyl sites for hydroxylation is 3. The molecule has 4 atom stereocenters. The van der Waals surface area contributed by atoms with Crippen molar-refractivity contribution in [3.05, 3.63) is 141 Å². The highest BCUT2D eigenvalue weighted by molar-refractivity contribution is 8.77. The molecule has 0 aliphatic carbocycles. The van der Waals surface area contributed by atoms with E-state index in [2.05, 4.69) is 37.4 Å². The second kappa shape index (κ2) is 20.9. The Morgan fingerprint density at radius 2 is 1.21 bits per heavy atom. The van der Waals surface area contributed by atoms with Gasteiger partial charge < -0.3 is 29.3 Å². The number of para-hydroxylation sites is 2. The summed E-state index contributed by atoms with van der Waals surface area (Å²) in [5, 5.41) is 3.77. The van der Waals surface area contributed by atoms with Gasteiger partial charge in [0.2, 0.25) is 5.91 Å². The number of rotatable bonds is 18. The van der Waals surface area contributed by atoms with Crippen LogP contribution in [-0.4, -0.2) is 53.2 Å². The van der Waals surface area contributed by atoms with Gasteiger partial charge in [0.15, 0.2) is 11.5 Å². The molecule has 354 valence electrons. The molecule has 0 aromatic heterocycles. The van der Waals surface area contributed by atoms with Crippen molar-refractivity contribution in [3.63, 3.8) is 0 Å². The molecule has 4 aliphatic rings. The van der Waals surface area contributed by atoms with Crippen LogP contribution < -0.4 is 29.3 Å². The number of carbonyl (C=O) groups excluding carboxylic acids is 4. The van der Waals surface area contributed by atoms with Crippen molar-refractivity contribution in [2.45, 2.75) is 134 Å². The van der Waals surface area contributed by atoms with E-state index in [0.29, 0.717) is 59.5 Å². The summed E-state index contributed by atoms with van der Waals surface area (Å²) in [6, 6.07) is 30.3. The van der Waals surface area contributed by atoms with Crippen molar-refractivity contribution in [1.82, 2.24) is 0 Å². The summed E-state index contributed by atoms with van der Waals surface area (Å²) in [6.45, 7) is 8.58. The van der Waals surface area contributed by atoms with Crippen LogP contribution in [0.5, 0.6) is 17.2 Å². The predicted molar refractivity (Wildman–Crippen MR) is 274 cm³/mol. The van der Waals surface area contributed by atoms with E-state index in [-0.39, 0.29) is 48.3 Å². The van der Waals surface area contributed by atoms with Crippen molar-refractivity contribution in [3.8, 4) is 17.2 Å². The number of amides is 3. The summed E-state index contributed by atoms with van der Waals surface area (Å²) < 4.78 is 19.0. The predicted octanol–water partition coefficient (Wildman–Crippen LogP) is 11.8. The topological polar surface area (TPSA) is 114 Å². The second-order valence-electron chi connectivity index (χ2n) is 18.8. The smallest absolute Gasteiger partial charge is 0.258 e. The number of nitrogens with zero attached hydrogens (tertiary/aromatic N) is 2. The Kier molecular flexibility index (Phi) is 14.5. The summed E-state index contributed by atoms with van der Waals surface area (Å²) >= 11 is 0. The van der Waals surface area contributed by atoms with E-state index in [1.165, 1.54) is 11.1 Å². The molecule has 0 saturated heterocycles. The molecule has 5 aromatic carbocycles. The van der Waals surface area contributed by atoms with E-state index in [9.17, 15) is 19.2 Å². The fraction of sp³-hybridized carbons (Fsp3) is 0.393. The second-order valence-corrected chi connectivity index (χ2v) is 21.9. The van der Waals surface area contributed by atoms with Gasteiger partial charge >= 0.3 is 0 Å². The Morgan fingerprint density at radius 1 is 0.676 bits per heavy atom. The SMILES string of the molecule is CCC(=O)CCC(C)SSC(C)CCC(=O)Nc1cc(COc2cc3c(cc2C)C(=O)N2c4ccccc4C[C@H]2CC3)cc(COc2cc3c(cc2OC)C(=O)N2c4ccccc4C[C@H]2CC3)c1. The van der Waals surface area contributed by atoms with Crippen molar-refractivity contribution in [2.75, 3.05) is 22.2 Å². The maximum atomic E-state index is 14.1. The third kappa shape index (κ3) is 10.3. The van der Waals surface area contributed by atoms with Crippen molar-refractivity contribution in [2.24, 2.45) is 0 Å². The quantitative estimate of drug-likeness (QED) is 0.0858. The number of fused-ring (bicyclic) bond motifs is 8. The highest BCUT2D eigenvalue weighted by Crippen LogP contribution is 2.42. The van der Waals surface area contributed by atoms with Gasteiger partial charge in [-0.05, 0) is 152 Å². The van der Waals surface area contributed by atoms with Crippen LogP contribution in [0.15, 0.2) is 91.0 Å². The monoisotopic (exact) mass is 951 g/mol. The van der Waals surface area contributed by atoms with Gasteiger partial charge in [-0.2, -0.15) is 0 Å². The molecule has 0 bridgehead atoms. The summed E-state index contributed by atoms with van der Waals surface area (Å²) in [5.74, 6) is 1.98. The van der Waals surface area contributed by atoms with Gasteiger partial charge in [0.05, 0.1) is 7.11 Å². The molecular formula is C56H61N3O7S2. The standard InChI is InChI=1S/C56H61N3O7S2/c1-6-46(60)21-15-35(3)67-68-36(4)16-22-54(61)57-43-25-37(32-65-51-29-39-17-19-44-27-41-11-7-9-13-49(41)58(44)55(62)47(39)23-34(51)2)24-38(26-43)33-66-53-30-40-18-20-45-28-42-12-8-10-14-50(42)59(45)56(63)48(40)31-52(53)64-5/h7-14,23-26,29-31,35-36,44-45H,6,15-22,27-28,32-33H2,1-5H3,(H,57,61)/t35?,36?,44-,45-/m1/s1. The van der Waals surface area contributed by atoms with Gasteiger partial charge in [0, 0.05) is 70.0 Å². The number of methoxy groups -OCH3 is 1. The molecule has 12 heteroatoms. The Morgan fingerprint density at radius 3 is 1.78 bits per heavy atom. The molecule has 9 rings (SSSR count). The van der Waals surface area contributed by atoms with Crippen LogP contribution >= 0.6 is 21.6 Å². The van der Waals surface area contributed by atoms with Crippen LogP contribution in [0.3, 0.4) is 0 Å². The maximum absolute atomic E-state index is 14.1. The number of hydrogen-bond donors (Lipinski definition) is 1. The first-order chi connectivity index (χ1) is 33.0. The largest absolute Gasteiger partial charge is 0.493 e. The number of ketones is 1. The summed E-state index contributed by atoms with van der Waals surface area (Å²) in [4.78, 5) is 57.5. The molecule has 10 nitrogen and oxygen atoms in total. The Balaban J connectivity index is 0.915. The van der Waals surface area contributed by atoms with E-state index >= 15 is 0 Å². The summed E-state index contributed by atoms with van der Waals surface area (Å²) in [7, 11) is 5.15. The molecule has 3 amide bonds. The van der Waals surface area contributed by atoms with Crippen LogP contribution in [0.2, 0.25) is 0 Å². The van der Waals surface area contributed by atoms with Crippen molar-refractivity contribution >= 4 is 62.2 Å². The van der Waals surface area contributed by atoms with Gasteiger partial charge in [-0.25, -0.2) is 0 Å². The lowest BCUT2D eigenvalue weighted by Gasteiger charge is -2.23. The highest BCUT2D eigenvalue weighted by Gasteiger charge is 2.39. The molecule has 0 saturated carbocycles. The van der Waals surface area contributed by atoms with E-state index in [1.54, 1.807) is 28.7 Å². The molecule has 4 heterocycles. The molecule has 68 heavy (non-hydrogen) atoms. The minimum atomic E-state index is -0.0800. The minimum absolute atomic E-state index is 0.0192. The number of hydrogen-bond acceptors (Lipinski definition) is 9. The van der Waals surface area contributed by atoms with Gasteiger partial charge in [0.25, 0.3) is 11.8 Å². The number of carbonyl (C=O) groups is 4. The average molecular weight is 952 g/mol. The van der Waals surface area contributed by atoms with Crippen LogP contribution in [0.25, 0.3) is 0 Å². The number of benzene rings is 5. The molecule has 2 unspecified atom stereocenters. The fourth-order valence-electron chi connectivity index (χ4n) is 10.1. The van der Waals surface area contributed by atoms with Crippen LogP contribution in [0.1, 0.15) is 125 Å². The van der Waals surface area contributed by atoms with Crippen LogP contribution in [-0.2, 0) is 48.5 Å². The number of ether oxygens (including phenoxy) is 3. The van der Waals surface area contributed by atoms with Gasteiger partial charge in [-0.1, -0.05) is 78.8 Å². The highest BCUT2D eigenvalue weighted by atomic mass is 33.1. The average Bonchev–Trinajstić information content (AvgIpc) is 3.84.